The summed E-state index contributed by atoms with van der Waals surface area (Å²) < 4.78 is 5.78. The zero-order valence-corrected chi connectivity index (χ0v) is 13.5. The fourth-order valence-corrected chi connectivity index (χ4v) is 4.13. The van der Waals surface area contributed by atoms with Gasteiger partial charge >= 0.3 is 0 Å². The van der Waals surface area contributed by atoms with Gasteiger partial charge in [-0.2, -0.15) is 0 Å². The van der Waals surface area contributed by atoms with Gasteiger partial charge in [0.25, 0.3) is 0 Å². The van der Waals surface area contributed by atoms with Crippen molar-refractivity contribution in [3.8, 4) is 5.75 Å². The number of fused-ring (bicyclic) bond motifs is 1. The number of benzene rings is 1. The van der Waals surface area contributed by atoms with Gasteiger partial charge in [0.2, 0.25) is 0 Å². The first-order valence-corrected chi connectivity index (χ1v) is 8.71. The molecule has 1 N–H and O–H groups in total. The van der Waals surface area contributed by atoms with E-state index in [0.29, 0.717) is 12.0 Å². The fraction of sp³-hybridized carbons (Fsp3) is 0.684. The van der Waals surface area contributed by atoms with E-state index in [-0.39, 0.29) is 0 Å². The van der Waals surface area contributed by atoms with Crippen LogP contribution < -0.4 is 10.1 Å². The van der Waals surface area contributed by atoms with Crippen molar-refractivity contribution in [2.45, 2.75) is 57.9 Å². The van der Waals surface area contributed by atoms with E-state index in [1.807, 2.05) is 0 Å². The van der Waals surface area contributed by atoms with E-state index in [1.54, 1.807) is 0 Å². The van der Waals surface area contributed by atoms with Crippen molar-refractivity contribution in [3.63, 3.8) is 0 Å². The molecule has 2 aliphatic rings. The molecule has 0 bridgehead atoms. The third kappa shape index (κ3) is 3.42. The summed E-state index contributed by atoms with van der Waals surface area (Å²) in [7, 11) is 0. The Hall–Kier alpha value is -1.02. The molecule has 1 fully saturated rings. The summed E-state index contributed by atoms with van der Waals surface area (Å²) >= 11 is 0. The molecule has 1 heterocycles. The summed E-state index contributed by atoms with van der Waals surface area (Å²) in [4.78, 5) is 0. The second kappa shape index (κ2) is 6.83. The second-order valence-electron chi connectivity index (χ2n) is 7.08. The molecule has 2 nitrogen and oxygen atoms in total. The number of ether oxygens (including phenoxy) is 1. The minimum absolute atomic E-state index is 0.615. The maximum Gasteiger partial charge on any atom is 0.122 e. The van der Waals surface area contributed by atoms with Crippen LogP contribution in [0.3, 0.4) is 0 Å². The van der Waals surface area contributed by atoms with Crippen LogP contribution in [-0.2, 0) is 0 Å². The highest BCUT2D eigenvalue weighted by Crippen LogP contribution is 2.34. The number of rotatable bonds is 4. The van der Waals surface area contributed by atoms with E-state index in [4.69, 9.17) is 4.74 Å². The van der Waals surface area contributed by atoms with Crippen molar-refractivity contribution in [3.05, 3.63) is 29.8 Å². The lowest BCUT2D eigenvalue weighted by Gasteiger charge is -2.36. The van der Waals surface area contributed by atoms with E-state index in [1.165, 1.54) is 31.2 Å². The maximum absolute atomic E-state index is 5.78. The molecule has 1 saturated carbocycles. The summed E-state index contributed by atoms with van der Waals surface area (Å²) in [6.45, 7) is 6.73. The van der Waals surface area contributed by atoms with E-state index < -0.39 is 0 Å². The Labute approximate surface area is 129 Å². The molecule has 3 atom stereocenters. The van der Waals surface area contributed by atoms with Crippen molar-refractivity contribution < 1.29 is 4.74 Å². The lowest BCUT2D eigenvalue weighted by Crippen LogP contribution is -2.43. The molecule has 1 aliphatic carbocycles. The van der Waals surface area contributed by atoms with E-state index in [0.717, 1.165) is 37.2 Å². The Kier molecular flexibility index (Phi) is 4.84. The van der Waals surface area contributed by atoms with Crippen molar-refractivity contribution in [1.82, 2.24) is 5.32 Å². The van der Waals surface area contributed by atoms with Crippen molar-refractivity contribution in [2.75, 3.05) is 13.2 Å². The lowest BCUT2D eigenvalue weighted by molar-refractivity contribution is 0.197. The van der Waals surface area contributed by atoms with Gasteiger partial charge in [-0.15, -0.1) is 0 Å². The summed E-state index contributed by atoms with van der Waals surface area (Å²) in [6.07, 6.45) is 6.71. The smallest absolute Gasteiger partial charge is 0.122 e. The van der Waals surface area contributed by atoms with Crippen LogP contribution in [0.1, 0.15) is 57.4 Å². The molecule has 0 aromatic heterocycles. The minimum atomic E-state index is 0.615. The minimum Gasteiger partial charge on any atom is -0.493 e. The number of hydrogen-bond donors (Lipinski definition) is 1. The van der Waals surface area contributed by atoms with Crippen molar-refractivity contribution in [2.24, 2.45) is 11.8 Å². The Morgan fingerprint density at radius 3 is 2.81 bits per heavy atom. The molecule has 1 aromatic carbocycles. The van der Waals surface area contributed by atoms with Crippen LogP contribution in [0.2, 0.25) is 0 Å². The molecule has 2 heteroatoms. The summed E-state index contributed by atoms with van der Waals surface area (Å²) in [6, 6.07) is 9.28. The van der Waals surface area contributed by atoms with Crippen LogP contribution in [0, 0.1) is 11.8 Å². The highest BCUT2D eigenvalue weighted by Gasteiger charge is 2.28. The van der Waals surface area contributed by atoms with Crippen LogP contribution in [0.25, 0.3) is 0 Å². The van der Waals surface area contributed by atoms with E-state index in [9.17, 15) is 0 Å². The van der Waals surface area contributed by atoms with Gasteiger partial charge in [0.1, 0.15) is 5.75 Å². The average Bonchev–Trinajstić information content (AvgIpc) is 2.53. The predicted octanol–water partition coefficient (Wildman–Crippen LogP) is 4.36. The Morgan fingerprint density at radius 2 is 1.95 bits per heavy atom. The number of hydrogen-bond acceptors (Lipinski definition) is 2. The van der Waals surface area contributed by atoms with Crippen LogP contribution >= 0.6 is 0 Å². The molecular weight excluding hydrogens is 258 g/mol. The topological polar surface area (TPSA) is 21.3 Å². The van der Waals surface area contributed by atoms with Gasteiger partial charge in [0.15, 0.2) is 0 Å². The molecule has 1 aromatic rings. The van der Waals surface area contributed by atoms with Gasteiger partial charge in [0.05, 0.1) is 6.61 Å². The Bertz CT molecular complexity index is 457. The zero-order valence-electron chi connectivity index (χ0n) is 13.5. The molecule has 0 spiro atoms. The van der Waals surface area contributed by atoms with Gasteiger partial charge in [-0.25, -0.2) is 0 Å². The van der Waals surface area contributed by atoms with Gasteiger partial charge in [-0.1, -0.05) is 44.9 Å². The first kappa shape index (κ1) is 14.9. The average molecular weight is 287 g/mol. The van der Waals surface area contributed by atoms with Crippen LogP contribution in [0.4, 0.5) is 0 Å². The molecule has 3 unspecified atom stereocenters. The normalized spacial score (nSPS) is 29.0. The lowest BCUT2D eigenvalue weighted by atomic mass is 9.77. The third-order valence-corrected chi connectivity index (χ3v) is 5.38. The number of para-hydroxylation sites is 1. The first-order valence-electron chi connectivity index (χ1n) is 8.71. The molecule has 0 amide bonds. The second-order valence-corrected chi connectivity index (χ2v) is 7.08. The van der Waals surface area contributed by atoms with Crippen molar-refractivity contribution in [1.29, 1.82) is 0 Å². The van der Waals surface area contributed by atoms with Crippen LogP contribution in [0.5, 0.6) is 5.75 Å². The standard InChI is InChI=1S/C19H29NO/c1-14(2)16-7-3-5-9-18(16)20-13-15-11-12-21-19-10-6-4-8-17(15)19/h4,6,8,10,14-16,18,20H,3,5,7,9,11-13H2,1-2H3. The molecule has 0 saturated heterocycles. The SMILES string of the molecule is CC(C)C1CCCCC1NCC1CCOc2ccccc21. The number of nitrogens with one attached hydrogen (secondary N) is 1. The first-order chi connectivity index (χ1) is 10.3. The van der Waals surface area contributed by atoms with Gasteiger partial charge in [-0.3, -0.25) is 0 Å². The molecule has 116 valence electrons. The summed E-state index contributed by atoms with van der Waals surface area (Å²) in [5.74, 6) is 3.36. The maximum atomic E-state index is 5.78. The van der Waals surface area contributed by atoms with Gasteiger partial charge in [0, 0.05) is 18.5 Å². The van der Waals surface area contributed by atoms with E-state index in [2.05, 4.69) is 43.4 Å². The Balaban J connectivity index is 1.62. The quantitative estimate of drug-likeness (QED) is 0.888. The summed E-state index contributed by atoms with van der Waals surface area (Å²) in [5, 5.41) is 3.91. The van der Waals surface area contributed by atoms with Gasteiger partial charge in [-0.05, 0) is 42.7 Å². The Morgan fingerprint density at radius 1 is 1.14 bits per heavy atom. The largest absolute Gasteiger partial charge is 0.493 e. The van der Waals surface area contributed by atoms with Crippen LogP contribution in [-0.4, -0.2) is 19.2 Å². The monoisotopic (exact) mass is 287 g/mol. The van der Waals surface area contributed by atoms with Crippen LogP contribution in [0.15, 0.2) is 24.3 Å². The predicted molar refractivity (Wildman–Crippen MR) is 87.9 cm³/mol. The molecule has 21 heavy (non-hydrogen) atoms. The van der Waals surface area contributed by atoms with Gasteiger partial charge < -0.3 is 10.1 Å². The fourth-order valence-electron chi connectivity index (χ4n) is 4.13. The van der Waals surface area contributed by atoms with Crippen molar-refractivity contribution >= 4 is 0 Å². The van der Waals surface area contributed by atoms with E-state index >= 15 is 0 Å². The summed E-state index contributed by atoms with van der Waals surface area (Å²) in [5.41, 5.74) is 1.40. The third-order valence-electron chi connectivity index (χ3n) is 5.38. The molecule has 3 rings (SSSR count). The zero-order chi connectivity index (χ0) is 14.7. The highest BCUT2D eigenvalue weighted by molar-refractivity contribution is 5.37. The highest BCUT2D eigenvalue weighted by atomic mass is 16.5. The molecule has 1 aliphatic heterocycles. The molecular formula is C19H29NO. The molecule has 0 radical (unpaired) electrons.